The topological polar surface area (TPSA) is 38.5 Å². The number of fused-ring (bicyclic) bond motifs is 1. The number of nitrogens with two attached hydrogens (primary N) is 1. The van der Waals surface area contributed by atoms with Gasteiger partial charge in [0, 0.05) is 11.6 Å². The highest BCUT2D eigenvalue weighted by atomic mass is 35.5. The average molecular weight is 303 g/mol. The van der Waals surface area contributed by atoms with Gasteiger partial charge in [-0.05, 0) is 43.7 Å². The molecule has 3 nitrogen and oxygen atoms in total. The molecule has 2 N–H and O–H groups in total. The number of hydrogen-bond donors (Lipinski definition) is 1. The van der Waals surface area contributed by atoms with Crippen LogP contribution in [0, 0.1) is 0 Å². The highest BCUT2D eigenvalue weighted by Gasteiger charge is 2.32. The van der Waals surface area contributed by atoms with Gasteiger partial charge in [-0.25, -0.2) is 0 Å². The average Bonchev–Trinajstić information content (AvgIpc) is 2.36. The summed E-state index contributed by atoms with van der Waals surface area (Å²) >= 11 is 6.08. The summed E-state index contributed by atoms with van der Waals surface area (Å²) in [6.07, 6.45) is 0. The number of halogens is 1. The Morgan fingerprint density at radius 3 is 2.76 bits per heavy atom. The van der Waals surface area contributed by atoms with Crippen LogP contribution < -0.4 is 15.4 Å². The van der Waals surface area contributed by atoms with Crippen molar-refractivity contribution in [2.75, 3.05) is 17.2 Å². The number of nitrogens with zero attached hydrogens (tertiary/aromatic N) is 1. The number of para-hydroxylation sites is 1. The van der Waals surface area contributed by atoms with Crippen LogP contribution in [0.25, 0.3) is 0 Å². The molecule has 1 heterocycles. The monoisotopic (exact) mass is 302 g/mol. The van der Waals surface area contributed by atoms with Crippen LogP contribution in [0.5, 0.6) is 5.75 Å². The van der Waals surface area contributed by atoms with E-state index in [4.69, 9.17) is 22.1 Å². The summed E-state index contributed by atoms with van der Waals surface area (Å²) in [6.45, 7) is 5.71. The second-order valence-electron chi connectivity index (χ2n) is 6.04. The van der Waals surface area contributed by atoms with E-state index in [0.717, 1.165) is 40.8 Å². The van der Waals surface area contributed by atoms with Crippen molar-refractivity contribution in [1.29, 1.82) is 0 Å². The van der Waals surface area contributed by atoms with Crippen molar-refractivity contribution in [3.63, 3.8) is 0 Å². The molecular formula is C17H19ClN2O. The quantitative estimate of drug-likeness (QED) is 0.849. The minimum absolute atomic E-state index is 0.251. The van der Waals surface area contributed by atoms with Crippen LogP contribution in [0.4, 0.5) is 11.4 Å². The molecule has 4 heteroatoms. The first-order valence-electron chi connectivity index (χ1n) is 7.01. The molecular weight excluding hydrogens is 284 g/mol. The van der Waals surface area contributed by atoms with Crippen molar-refractivity contribution in [2.45, 2.75) is 26.0 Å². The first-order chi connectivity index (χ1) is 9.94. The molecule has 2 aromatic rings. The van der Waals surface area contributed by atoms with Crippen LogP contribution >= 0.6 is 11.6 Å². The molecule has 21 heavy (non-hydrogen) atoms. The van der Waals surface area contributed by atoms with E-state index in [1.165, 1.54) is 0 Å². The first kappa shape index (κ1) is 14.1. The van der Waals surface area contributed by atoms with E-state index < -0.39 is 0 Å². The smallest absolute Gasteiger partial charge is 0.145 e. The van der Waals surface area contributed by atoms with E-state index in [1.807, 2.05) is 36.4 Å². The molecule has 0 bridgehead atoms. The van der Waals surface area contributed by atoms with Gasteiger partial charge >= 0.3 is 0 Å². The zero-order chi connectivity index (χ0) is 15.0. The lowest BCUT2D eigenvalue weighted by Crippen LogP contribution is -2.46. The van der Waals surface area contributed by atoms with E-state index in [1.54, 1.807) is 0 Å². The Morgan fingerprint density at radius 2 is 2.00 bits per heavy atom. The molecule has 0 atom stereocenters. The Bertz CT molecular complexity index is 670. The molecule has 0 aromatic heterocycles. The molecule has 0 amide bonds. The molecule has 1 aliphatic heterocycles. The fourth-order valence-corrected chi connectivity index (χ4v) is 3.03. The number of benzene rings is 2. The van der Waals surface area contributed by atoms with Crippen molar-refractivity contribution in [1.82, 2.24) is 0 Å². The van der Waals surface area contributed by atoms with Gasteiger partial charge in [0.05, 0.1) is 12.2 Å². The molecule has 0 spiro atoms. The molecule has 1 aliphatic rings. The fraction of sp³-hybridized carbons (Fsp3) is 0.294. The van der Waals surface area contributed by atoms with Crippen molar-refractivity contribution in [2.24, 2.45) is 0 Å². The Kier molecular flexibility index (Phi) is 3.46. The number of hydrogen-bond acceptors (Lipinski definition) is 3. The van der Waals surface area contributed by atoms with Gasteiger partial charge in [0.1, 0.15) is 17.0 Å². The van der Waals surface area contributed by atoms with Crippen LogP contribution in [-0.4, -0.2) is 12.1 Å². The van der Waals surface area contributed by atoms with Gasteiger partial charge in [-0.1, -0.05) is 29.8 Å². The maximum Gasteiger partial charge on any atom is 0.145 e. The SMILES string of the molecule is CC1(C)CN(Cc2cccc(Cl)c2)c2c(N)cccc2O1. The molecule has 0 saturated carbocycles. The van der Waals surface area contributed by atoms with E-state index in [0.29, 0.717) is 0 Å². The molecule has 0 aliphatic carbocycles. The van der Waals surface area contributed by atoms with Crippen LogP contribution in [0.3, 0.4) is 0 Å². The molecule has 0 saturated heterocycles. The first-order valence-corrected chi connectivity index (χ1v) is 7.39. The van der Waals surface area contributed by atoms with E-state index >= 15 is 0 Å². The van der Waals surface area contributed by atoms with E-state index in [-0.39, 0.29) is 5.60 Å². The van der Waals surface area contributed by atoms with Crippen molar-refractivity contribution in [3.05, 3.63) is 53.1 Å². The van der Waals surface area contributed by atoms with Gasteiger partial charge in [0.2, 0.25) is 0 Å². The largest absolute Gasteiger partial charge is 0.484 e. The van der Waals surface area contributed by atoms with Gasteiger partial charge in [0.25, 0.3) is 0 Å². The summed E-state index contributed by atoms with van der Waals surface area (Å²) in [4.78, 5) is 2.26. The maximum atomic E-state index is 6.16. The van der Waals surface area contributed by atoms with Gasteiger partial charge in [0.15, 0.2) is 0 Å². The molecule has 0 unspecified atom stereocenters. The summed E-state index contributed by atoms with van der Waals surface area (Å²) in [5.41, 5.74) is 8.78. The van der Waals surface area contributed by atoms with Crippen LogP contribution in [0.2, 0.25) is 5.02 Å². The zero-order valence-electron chi connectivity index (χ0n) is 12.3. The highest BCUT2D eigenvalue weighted by Crippen LogP contribution is 2.41. The summed E-state index contributed by atoms with van der Waals surface area (Å²) in [5.74, 6) is 0.841. The third kappa shape index (κ3) is 2.93. The second-order valence-corrected chi connectivity index (χ2v) is 6.48. The predicted octanol–water partition coefficient (Wildman–Crippen LogP) is 4.10. The molecule has 2 aromatic carbocycles. The third-order valence-electron chi connectivity index (χ3n) is 3.57. The molecule has 0 fully saturated rings. The second kappa shape index (κ2) is 5.15. The van der Waals surface area contributed by atoms with Gasteiger partial charge in [-0.3, -0.25) is 0 Å². The van der Waals surface area contributed by atoms with Crippen molar-refractivity contribution in [3.8, 4) is 5.75 Å². The summed E-state index contributed by atoms with van der Waals surface area (Å²) in [6, 6.07) is 13.7. The number of ether oxygens (including phenoxy) is 1. The Morgan fingerprint density at radius 1 is 1.24 bits per heavy atom. The van der Waals surface area contributed by atoms with Crippen LogP contribution in [0.1, 0.15) is 19.4 Å². The number of anilines is 2. The standard InChI is InChI=1S/C17H19ClN2O/c1-17(2)11-20(10-12-5-3-6-13(18)9-12)16-14(19)7-4-8-15(16)21-17/h3-9H,10-11,19H2,1-2H3. The Balaban J connectivity index is 1.98. The zero-order valence-corrected chi connectivity index (χ0v) is 13.0. The van der Waals surface area contributed by atoms with Crippen LogP contribution in [-0.2, 0) is 6.54 Å². The minimum atomic E-state index is -0.251. The summed E-state index contributed by atoms with van der Waals surface area (Å²) in [7, 11) is 0. The maximum absolute atomic E-state index is 6.16. The highest BCUT2D eigenvalue weighted by molar-refractivity contribution is 6.30. The van der Waals surface area contributed by atoms with Gasteiger partial charge in [-0.2, -0.15) is 0 Å². The number of nitrogen functional groups attached to an aromatic ring is 1. The third-order valence-corrected chi connectivity index (χ3v) is 3.80. The normalized spacial score (nSPS) is 16.2. The number of rotatable bonds is 2. The lowest BCUT2D eigenvalue weighted by Gasteiger charge is -2.41. The Hall–Kier alpha value is -1.87. The fourth-order valence-electron chi connectivity index (χ4n) is 2.82. The molecule has 0 radical (unpaired) electrons. The van der Waals surface area contributed by atoms with Crippen molar-refractivity contribution >= 4 is 23.0 Å². The molecule has 3 rings (SSSR count). The van der Waals surface area contributed by atoms with Crippen LogP contribution in [0.15, 0.2) is 42.5 Å². The van der Waals surface area contributed by atoms with E-state index in [2.05, 4.69) is 24.8 Å². The minimum Gasteiger partial charge on any atom is -0.484 e. The predicted molar refractivity (Wildman–Crippen MR) is 88.1 cm³/mol. The van der Waals surface area contributed by atoms with Crippen molar-refractivity contribution < 1.29 is 4.74 Å². The Labute approximate surface area is 130 Å². The van der Waals surface area contributed by atoms with Gasteiger partial charge in [-0.15, -0.1) is 0 Å². The summed E-state index contributed by atoms with van der Waals surface area (Å²) in [5, 5.41) is 0.751. The lowest BCUT2D eigenvalue weighted by atomic mass is 10.0. The lowest BCUT2D eigenvalue weighted by molar-refractivity contribution is 0.105. The molecule has 110 valence electrons. The van der Waals surface area contributed by atoms with Gasteiger partial charge < -0.3 is 15.4 Å². The van der Waals surface area contributed by atoms with E-state index in [9.17, 15) is 0 Å². The summed E-state index contributed by atoms with van der Waals surface area (Å²) < 4.78 is 6.04.